The number of hydrogen-bond donors (Lipinski definition) is 2. The summed E-state index contributed by atoms with van der Waals surface area (Å²) in [4.78, 5) is 31.1. The molecule has 28 heavy (non-hydrogen) atoms. The number of rotatable bonds is 3. The highest BCUT2D eigenvalue weighted by Crippen LogP contribution is 2.15. The molecule has 2 fully saturated rings. The maximum absolute atomic E-state index is 13.4. The van der Waals surface area contributed by atoms with Crippen molar-refractivity contribution in [1.82, 2.24) is 20.0 Å². The Balaban J connectivity index is 1.50. The van der Waals surface area contributed by atoms with Crippen LogP contribution in [0.4, 0.5) is 14.9 Å². The minimum atomic E-state index is -0.294. The van der Waals surface area contributed by atoms with Gasteiger partial charge in [0.15, 0.2) is 0 Å². The van der Waals surface area contributed by atoms with Crippen LogP contribution in [0.1, 0.15) is 19.4 Å². The van der Waals surface area contributed by atoms with E-state index >= 15 is 0 Å². The first-order valence-corrected chi connectivity index (χ1v) is 9.93. The van der Waals surface area contributed by atoms with E-state index in [4.69, 9.17) is 0 Å². The number of carbonyl (C=O) groups excluding carboxylic acids is 2. The van der Waals surface area contributed by atoms with Gasteiger partial charge in [0.05, 0.1) is 6.04 Å². The van der Waals surface area contributed by atoms with Gasteiger partial charge in [0, 0.05) is 57.5 Å². The van der Waals surface area contributed by atoms with Gasteiger partial charge < -0.3 is 20.4 Å². The van der Waals surface area contributed by atoms with Gasteiger partial charge in [-0.3, -0.25) is 9.69 Å². The van der Waals surface area contributed by atoms with Crippen molar-refractivity contribution in [2.75, 3.05) is 51.1 Å². The van der Waals surface area contributed by atoms with Gasteiger partial charge in [0.25, 0.3) is 0 Å². The standard InChI is InChI=1S/C20H30FN5O2/c1-14(2)26-7-6-22-18(13-26)19(27)24-8-10-25(11-9-24)20(28)23-16-4-5-17(21)15(3)12-16/h4-5,12,14,18,22H,6-11,13H2,1-3H3,(H,23,28). The molecular formula is C20H30FN5O2. The van der Waals surface area contributed by atoms with E-state index < -0.39 is 0 Å². The molecule has 1 aromatic rings. The summed E-state index contributed by atoms with van der Waals surface area (Å²) in [5, 5.41) is 6.12. The predicted molar refractivity (Wildman–Crippen MR) is 107 cm³/mol. The number of nitrogens with zero attached hydrogens (tertiary/aromatic N) is 3. The van der Waals surface area contributed by atoms with Crippen LogP contribution < -0.4 is 10.6 Å². The number of anilines is 1. The van der Waals surface area contributed by atoms with Gasteiger partial charge in [-0.15, -0.1) is 0 Å². The van der Waals surface area contributed by atoms with Crippen LogP contribution in [0, 0.1) is 12.7 Å². The Morgan fingerprint density at radius 3 is 2.46 bits per heavy atom. The molecule has 2 saturated heterocycles. The lowest BCUT2D eigenvalue weighted by Crippen LogP contribution is -2.61. The molecule has 2 N–H and O–H groups in total. The zero-order valence-corrected chi connectivity index (χ0v) is 16.9. The lowest BCUT2D eigenvalue weighted by molar-refractivity contribution is -0.136. The van der Waals surface area contributed by atoms with Crippen molar-refractivity contribution in [2.45, 2.75) is 32.9 Å². The molecule has 1 aromatic carbocycles. The third-order valence-corrected chi connectivity index (χ3v) is 5.52. The highest BCUT2D eigenvalue weighted by Gasteiger charge is 2.32. The van der Waals surface area contributed by atoms with Gasteiger partial charge in [0.2, 0.25) is 5.91 Å². The van der Waals surface area contributed by atoms with Crippen LogP contribution in [0.15, 0.2) is 18.2 Å². The third kappa shape index (κ3) is 4.80. The summed E-state index contributed by atoms with van der Waals surface area (Å²) in [7, 11) is 0. The fourth-order valence-corrected chi connectivity index (χ4v) is 3.68. The fraction of sp³-hybridized carbons (Fsp3) is 0.600. The Labute approximate surface area is 165 Å². The Kier molecular flexibility index (Phi) is 6.51. The molecule has 1 unspecified atom stereocenters. The molecule has 0 saturated carbocycles. The van der Waals surface area contributed by atoms with Gasteiger partial charge in [-0.25, -0.2) is 9.18 Å². The first-order valence-electron chi connectivity index (χ1n) is 9.93. The van der Waals surface area contributed by atoms with Crippen molar-refractivity contribution in [1.29, 1.82) is 0 Å². The molecule has 8 heteroatoms. The summed E-state index contributed by atoms with van der Waals surface area (Å²) in [6.45, 7) is 10.5. The molecule has 2 aliphatic heterocycles. The third-order valence-electron chi connectivity index (χ3n) is 5.52. The molecule has 0 aliphatic carbocycles. The number of aryl methyl sites for hydroxylation is 1. The number of benzene rings is 1. The van der Waals surface area contributed by atoms with Crippen LogP contribution in [0.25, 0.3) is 0 Å². The van der Waals surface area contributed by atoms with Gasteiger partial charge in [-0.05, 0) is 44.5 Å². The second kappa shape index (κ2) is 8.87. The molecule has 1 atom stereocenters. The monoisotopic (exact) mass is 391 g/mol. The molecule has 2 aliphatic rings. The van der Waals surface area contributed by atoms with Crippen molar-refractivity contribution < 1.29 is 14.0 Å². The van der Waals surface area contributed by atoms with Crippen molar-refractivity contribution in [3.8, 4) is 0 Å². The van der Waals surface area contributed by atoms with E-state index in [1.165, 1.54) is 6.07 Å². The zero-order valence-electron chi connectivity index (χ0n) is 16.9. The minimum absolute atomic E-state index is 0.111. The van der Waals surface area contributed by atoms with E-state index in [0.29, 0.717) is 43.5 Å². The largest absolute Gasteiger partial charge is 0.338 e. The Morgan fingerprint density at radius 2 is 1.82 bits per heavy atom. The Hall–Kier alpha value is -2.19. The van der Waals surface area contributed by atoms with Crippen LogP contribution in [0.5, 0.6) is 0 Å². The molecule has 3 amide bonds. The van der Waals surface area contributed by atoms with E-state index in [9.17, 15) is 14.0 Å². The van der Waals surface area contributed by atoms with Gasteiger partial charge in [-0.1, -0.05) is 0 Å². The minimum Gasteiger partial charge on any atom is -0.338 e. The molecule has 0 radical (unpaired) electrons. The van der Waals surface area contributed by atoms with E-state index in [-0.39, 0.29) is 23.8 Å². The van der Waals surface area contributed by atoms with Gasteiger partial charge in [-0.2, -0.15) is 0 Å². The van der Waals surface area contributed by atoms with Crippen LogP contribution >= 0.6 is 0 Å². The highest BCUT2D eigenvalue weighted by atomic mass is 19.1. The fourth-order valence-electron chi connectivity index (χ4n) is 3.68. The van der Waals surface area contributed by atoms with E-state index in [2.05, 4.69) is 29.4 Å². The van der Waals surface area contributed by atoms with Crippen molar-refractivity contribution in [3.63, 3.8) is 0 Å². The summed E-state index contributed by atoms with van der Waals surface area (Å²) in [5.41, 5.74) is 1.06. The molecule has 0 bridgehead atoms. The normalized spacial score (nSPS) is 21.1. The first kappa shape index (κ1) is 20.5. The number of piperazine rings is 2. The van der Waals surface area contributed by atoms with E-state index in [1.807, 2.05) is 4.90 Å². The molecule has 154 valence electrons. The summed E-state index contributed by atoms with van der Waals surface area (Å²) in [6, 6.07) is 4.53. The van der Waals surface area contributed by atoms with Crippen LogP contribution in [-0.2, 0) is 4.79 Å². The van der Waals surface area contributed by atoms with Crippen LogP contribution in [0.3, 0.4) is 0 Å². The molecule has 0 spiro atoms. The number of nitrogens with one attached hydrogen (secondary N) is 2. The molecular weight excluding hydrogens is 361 g/mol. The Morgan fingerprint density at radius 1 is 1.14 bits per heavy atom. The second-order valence-electron chi connectivity index (χ2n) is 7.80. The second-order valence-corrected chi connectivity index (χ2v) is 7.80. The summed E-state index contributed by atoms with van der Waals surface area (Å²) < 4.78 is 13.4. The maximum Gasteiger partial charge on any atom is 0.321 e. The average Bonchev–Trinajstić information content (AvgIpc) is 2.70. The number of halogens is 1. The van der Waals surface area contributed by atoms with E-state index in [1.54, 1.807) is 24.0 Å². The van der Waals surface area contributed by atoms with Crippen molar-refractivity contribution in [2.24, 2.45) is 0 Å². The SMILES string of the molecule is Cc1cc(NC(=O)N2CCN(C(=O)C3CN(C(C)C)CCN3)CC2)ccc1F. The Bertz CT molecular complexity index is 719. The van der Waals surface area contributed by atoms with Crippen molar-refractivity contribution >= 4 is 17.6 Å². The average molecular weight is 391 g/mol. The summed E-state index contributed by atoms with van der Waals surface area (Å²) >= 11 is 0. The first-order chi connectivity index (χ1) is 13.3. The predicted octanol–water partition coefficient (Wildman–Crippen LogP) is 1.49. The van der Waals surface area contributed by atoms with Crippen molar-refractivity contribution in [3.05, 3.63) is 29.6 Å². The number of hydrogen-bond acceptors (Lipinski definition) is 4. The van der Waals surface area contributed by atoms with Gasteiger partial charge in [0.1, 0.15) is 5.82 Å². The quantitative estimate of drug-likeness (QED) is 0.819. The maximum atomic E-state index is 13.4. The van der Waals surface area contributed by atoms with Crippen LogP contribution in [0.2, 0.25) is 0 Å². The topological polar surface area (TPSA) is 67.9 Å². The molecule has 0 aromatic heterocycles. The molecule has 2 heterocycles. The van der Waals surface area contributed by atoms with E-state index in [0.717, 1.165) is 19.6 Å². The zero-order chi connectivity index (χ0) is 20.3. The van der Waals surface area contributed by atoms with Gasteiger partial charge >= 0.3 is 6.03 Å². The smallest absolute Gasteiger partial charge is 0.321 e. The lowest BCUT2D eigenvalue weighted by Gasteiger charge is -2.40. The highest BCUT2D eigenvalue weighted by molar-refractivity contribution is 5.89. The summed E-state index contributed by atoms with van der Waals surface area (Å²) in [6.07, 6.45) is 0. The number of carbonyl (C=O) groups is 2. The van der Waals surface area contributed by atoms with Crippen LogP contribution in [-0.4, -0.2) is 84.5 Å². The summed E-state index contributed by atoms with van der Waals surface area (Å²) in [5.74, 6) is -0.183. The number of amides is 3. The number of urea groups is 1. The molecule has 7 nitrogen and oxygen atoms in total. The lowest BCUT2D eigenvalue weighted by atomic mass is 10.1. The molecule has 3 rings (SSSR count).